The number of allylic oxidation sites excluding steroid dienone is 4. The van der Waals surface area contributed by atoms with E-state index in [0.717, 1.165) is 32.1 Å². The van der Waals surface area contributed by atoms with Gasteiger partial charge in [0.25, 0.3) is 7.82 Å². The highest BCUT2D eigenvalue weighted by atomic mass is 31.2. The Bertz CT molecular complexity index is 1110. The van der Waals surface area contributed by atoms with Crippen LogP contribution in [0.3, 0.4) is 0 Å². The highest BCUT2D eigenvalue weighted by Crippen LogP contribution is 2.38. The first-order chi connectivity index (χ1) is 30.0. The van der Waals surface area contributed by atoms with Crippen LogP contribution in [0.25, 0.3) is 0 Å². The third kappa shape index (κ3) is 48.0. The molecule has 0 N–H and O–H groups in total. The molecule has 0 saturated carbocycles. The summed E-state index contributed by atoms with van der Waals surface area (Å²) in [6.07, 6.45) is 50.8. The van der Waals surface area contributed by atoms with E-state index in [4.69, 9.17) is 18.5 Å². The van der Waals surface area contributed by atoms with Crippen LogP contribution in [0.4, 0.5) is 0 Å². The number of likely N-dealkylation sites (N-methyl/N-ethyl adjacent to an activating group) is 1. The number of hydrogen-bond donors (Lipinski definition) is 0. The summed E-state index contributed by atoms with van der Waals surface area (Å²) in [7, 11) is 1.16. The number of nitrogens with zero attached hydrogens (tertiary/aromatic N) is 1. The van der Waals surface area contributed by atoms with Crippen molar-refractivity contribution < 1.29 is 42.1 Å². The number of carbonyl (C=O) groups excluding carboxylic acids is 2. The highest BCUT2D eigenvalue weighted by Gasteiger charge is 2.21. The molecule has 366 valence electrons. The number of rotatable bonds is 48. The van der Waals surface area contributed by atoms with Crippen molar-refractivity contribution >= 4 is 19.8 Å². The van der Waals surface area contributed by atoms with Crippen LogP contribution < -0.4 is 4.89 Å². The highest BCUT2D eigenvalue weighted by molar-refractivity contribution is 7.45. The fourth-order valence-corrected chi connectivity index (χ4v) is 8.13. The molecule has 9 nitrogen and oxygen atoms in total. The van der Waals surface area contributed by atoms with Crippen LogP contribution in [0.15, 0.2) is 24.3 Å². The third-order valence-corrected chi connectivity index (χ3v) is 12.4. The molecule has 0 aliphatic heterocycles. The summed E-state index contributed by atoms with van der Waals surface area (Å²) in [5.41, 5.74) is 0. The minimum atomic E-state index is -4.64. The maximum Gasteiger partial charge on any atom is 0.306 e. The first-order valence-corrected chi connectivity index (χ1v) is 27.5. The van der Waals surface area contributed by atoms with Crippen molar-refractivity contribution in [2.75, 3.05) is 47.5 Å². The van der Waals surface area contributed by atoms with Gasteiger partial charge in [-0.25, -0.2) is 0 Å². The van der Waals surface area contributed by atoms with E-state index < -0.39 is 32.5 Å². The summed E-state index contributed by atoms with van der Waals surface area (Å²) in [6, 6.07) is 0. The molecule has 0 bridgehead atoms. The van der Waals surface area contributed by atoms with Crippen LogP contribution in [0, 0.1) is 0 Å². The van der Waals surface area contributed by atoms with E-state index in [9.17, 15) is 19.0 Å². The van der Waals surface area contributed by atoms with E-state index in [-0.39, 0.29) is 26.1 Å². The van der Waals surface area contributed by atoms with Gasteiger partial charge in [0.05, 0.1) is 27.7 Å². The van der Waals surface area contributed by atoms with Gasteiger partial charge in [-0.3, -0.25) is 14.2 Å². The van der Waals surface area contributed by atoms with Gasteiger partial charge in [-0.2, -0.15) is 0 Å². The smallest absolute Gasteiger partial charge is 0.306 e. The summed E-state index contributed by atoms with van der Waals surface area (Å²) >= 11 is 0. The lowest BCUT2D eigenvalue weighted by atomic mass is 10.0. The molecular formula is C52H100NO8P. The van der Waals surface area contributed by atoms with Crippen molar-refractivity contribution in [3.05, 3.63) is 24.3 Å². The predicted octanol–water partition coefficient (Wildman–Crippen LogP) is 14.8. The molecule has 10 heteroatoms. The van der Waals surface area contributed by atoms with Gasteiger partial charge in [-0.15, -0.1) is 0 Å². The molecule has 0 aromatic rings. The SMILES string of the molecule is CCCCCCCCCCC/C=C/C/C=C/CCCC(=O)OC[C@H](COP(=O)([O-])OCC[N+](C)(C)C)OC(=O)CCCCCCCCCCCCCCCCCCCCCCC. The number of phosphoric acid groups is 1. The first-order valence-electron chi connectivity index (χ1n) is 26.0. The minimum absolute atomic E-state index is 0.0344. The summed E-state index contributed by atoms with van der Waals surface area (Å²) in [6.45, 7) is 4.23. The number of esters is 2. The summed E-state index contributed by atoms with van der Waals surface area (Å²) in [5.74, 6) is -0.874. The topological polar surface area (TPSA) is 111 Å². The van der Waals surface area contributed by atoms with Gasteiger partial charge in [0.1, 0.15) is 19.8 Å². The van der Waals surface area contributed by atoms with Gasteiger partial charge in [0.15, 0.2) is 6.10 Å². The average Bonchev–Trinajstić information content (AvgIpc) is 3.23. The van der Waals surface area contributed by atoms with Gasteiger partial charge in [0, 0.05) is 12.8 Å². The number of carbonyl (C=O) groups is 2. The second-order valence-electron chi connectivity index (χ2n) is 18.9. The molecule has 0 aliphatic carbocycles. The monoisotopic (exact) mass is 898 g/mol. The van der Waals surface area contributed by atoms with Crippen molar-refractivity contribution in [3.63, 3.8) is 0 Å². The lowest BCUT2D eigenvalue weighted by molar-refractivity contribution is -0.870. The van der Waals surface area contributed by atoms with Crippen LogP contribution >= 0.6 is 7.82 Å². The molecule has 0 aromatic heterocycles. The molecule has 0 radical (unpaired) electrons. The lowest BCUT2D eigenvalue weighted by Crippen LogP contribution is -2.37. The quantitative estimate of drug-likeness (QED) is 0.0195. The number of ether oxygens (including phenoxy) is 2. The van der Waals surface area contributed by atoms with E-state index in [1.54, 1.807) is 0 Å². The van der Waals surface area contributed by atoms with Gasteiger partial charge in [0.2, 0.25) is 0 Å². The van der Waals surface area contributed by atoms with Crippen LogP contribution in [-0.4, -0.2) is 70.0 Å². The number of quaternary nitrogens is 1. The molecule has 0 aromatic carbocycles. The number of unbranched alkanes of at least 4 members (excludes halogenated alkanes) is 30. The standard InChI is InChI=1S/C52H100NO8P/c1-6-8-10-12-14-16-18-20-22-24-25-26-27-29-31-33-35-37-39-41-43-45-52(55)61-50(49-60-62(56,57)59-47-46-53(3,4)5)48-58-51(54)44-42-40-38-36-34-32-30-28-23-21-19-17-15-13-11-9-7-2/h30,32,36,38,50H,6-29,31,33-35,37,39-49H2,1-5H3/b32-30+,38-36+/t50-/m1/s1. The Morgan fingerprint density at radius 3 is 1.32 bits per heavy atom. The summed E-state index contributed by atoms with van der Waals surface area (Å²) in [4.78, 5) is 37.7. The van der Waals surface area contributed by atoms with Crippen molar-refractivity contribution in [2.24, 2.45) is 0 Å². The van der Waals surface area contributed by atoms with E-state index in [1.165, 1.54) is 173 Å². The van der Waals surface area contributed by atoms with Crippen LogP contribution in [0.5, 0.6) is 0 Å². The molecule has 1 unspecified atom stereocenters. The van der Waals surface area contributed by atoms with Crippen molar-refractivity contribution in [1.82, 2.24) is 0 Å². The molecular weight excluding hydrogens is 798 g/mol. The zero-order chi connectivity index (χ0) is 45.7. The van der Waals surface area contributed by atoms with E-state index in [2.05, 4.69) is 38.2 Å². The van der Waals surface area contributed by atoms with Crippen LogP contribution in [0.2, 0.25) is 0 Å². The lowest BCUT2D eigenvalue weighted by Gasteiger charge is -2.28. The van der Waals surface area contributed by atoms with Crippen LogP contribution in [-0.2, 0) is 32.7 Å². The molecule has 62 heavy (non-hydrogen) atoms. The average molecular weight is 898 g/mol. The predicted molar refractivity (Wildman–Crippen MR) is 259 cm³/mol. The maximum atomic E-state index is 12.7. The Hall–Kier alpha value is -1.51. The van der Waals surface area contributed by atoms with Crippen molar-refractivity contribution in [2.45, 2.75) is 251 Å². The second-order valence-corrected chi connectivity index (χ2v) is 20.3. The molecule has 0 fully saturated rings. The molecule has 2 atom stereocenters. The van der Waals surface area contributed by atoms with Gasteiger partial charge in [-0.1, -0.05) is 218 Å². The number of hydrogen-bond acceptors (Lipinski definition) is 8. The minimum Gasteiger partial charge on any atom is -0.756 e. The fraction of sp³-hybridized carbons (Fsp3) is 0.885. The molecule has 0 rings (SSSR count). The van der Waals surface area contributed by atoms with Gasteiger partial charge >= 0.3 is 11.9 Å². The van der Waals surface area contributed by atoms with Gasteiger partial charge < -0.3 is 27.9 Å². The molecule has 0 saturated heterocycles. The fourth-order valence-electron chi connectivity index (χ4n) is 7.40. The summed E-state index contributed by atoms with van der Waals surface area (Å²) in [5, 5.41) is 0. The Labute approximate surface area is 383 Å². The molecule has 0 aliphatic rings. The zero-order valence-electron chi connectivity index (χ0n) is 41.3. The molecule has 0 amide bonds. The first kappa shape index (κ1) is 60.5. The maximum absolute atomic E-state index is 12.7. The Morgan fingerprint density at radius 2 is 0.887 bits per heavy atom. The normalized spacial score (nSPS) is 13.6. The zero-order valence-corrected chi connectivity index (χ0v) is 42.2. The Balaban J connectivity index is 4.26. The summed E-state index contributed by atoms with van der Waals surface area (Å²) < 4.78 is 34.0. The van der Waals surface area contributed by atoms with E-state index in [0.29, 0.717) is 23.9 Å². The Morgan fingerprint density at radius 1 is 0.500 bits per heavy atom. The van der Waals surface area contributed by atoms with E-state index >= 15 is 0 Å². The molecule has 0 spiro atoms. The largest absolute Gasteiger partial charge is 0.756 e. The van der Waals surface area contributed by atoms with Crippen LogP contribution in [0.1, 0.15) is 245 Å². The van der Waals surface area contributed by atoms with Gasteiger partial charge in [-0.05, 0) is 38.5 Å². The second kappa shape index (κ2) is 44.7. The molecule has 0 heterocycles. The number of phosphoric ester groups is 1. The van der Waals surface area contributed by atoms with E-state index in [1.807, 2.05) is 21.1 Å². The van der Waals surface area contributed by atoms with Crippen molar-refractivity contribution in [1.29, 1.82) is 0 Å². The third-order valence-electron chi connectivity index (χ3n) is 11.5. The Kier molecular flexibility index (Phi) is 43.6. The van der Waals surface area contributed by atoms with Crippen molar-refractivity contribution in [3.8, 4) is 0 Å².